The minimum atomic E-state index is 0.546. The first-order chi connectivity index (χ1) is 7.83. The summed E-state index contributed by atoms with van der Waals surface area (Å²) in [6.07, 6.45) is 7.37. The predicted octanol–water partition coefficient (Wildman–Crippen LogP) is 1.65. The minimum absolute atomic E-state index is 0.546. The van der Waals surface area contributed by atoms with Gasteiger partial charge in [0.25, 0.3) is 0 Å². The van der Waals surface area contributed by atoms with E-state index in [4.69, 9.17) is 10.5 Å². The van der Waals surface area contributed by atoms with Gasteiger partial charge in [0.15, 0.2) is 5.96 Å². The number of hydrogen-bond acceptors (Lipinski definition) is 2. The average Bonchev–Trinajstić information content (AvgIpc) is 2.76. The van der Waals surface area contributed by atoms with Crippen molar-refractivity contribution >= 4 is 5.96 Å². The highest BCUT2D eigenvalue weighted by atomic mass is 16.5. The zero-order chi connectivity index (χ0) is 11.6. The third-order valence-corrected chi connectivity index (χ3v) is 2.87. The summed E-state index contributed by atoms with van der Waals surface area (Å²) >= 11 is 0. The molecule has 4 heteroatoms. The quantitative estimate of drug-likeness (QED) is 0.395. The van der Waals surface area contributed by atoms with E-state index in [0.29, 0.717) is 25.2 Å². The van der Waals surface area contributed by atoms with E-state index in [1.807, 2.05) is 0 Å². The van der Waals surface area contributed by atoms with Crippen LogP contribution in [0.5, 0.6) is 0 Å². The summed E-state index contributed by atoms with van der Waals surface area (Å²) in [6.45, 7) is 4.33. The third-order valence-electron chi connectivity index (χ3n) is 2.87. The second-order valence-electron chi connectivity index (χ2n) is 4.36. The van der Waals surface area contributed by atoms with Crippen LogP contribution in [0.15, 0.2) is 4.99 Å². The molecule has 0 saturated heterocycles. The van der Waals surface area contributed by atoms with Crippen molar-refractivity contribution in [3.05, 3.63) is 0 Å². The van der Waals surface area contributed by atoms with Crippen LogP contribution >= 0.6 is 0 Å². The summed E-state index contributed by atoms with van der Waals surface area (Å²) in [6, 6.07) is 0.546. The van der Waals surface area contributed by atoms with Crippen LogP contribution in [0, 0.1) is 0 Å². The molecule has 0 aliphatic heterocycles. The number of guanidine groups is 1. The van der Waals surface area contributed by atoms with Crippen LogP contribution < -0.4 is 11.1 Å². The Balaban J connectivity index is 1.99. The van der Waals surface area contributed by atoms with Gasteiger partial charge < -0.3 is 15.8 Å². The number of hydrogen-bond donors (Lipinski definition) is 2. The number of aliphatic imine (C=N–C) groups is 1. The smallest absolute Gasteiger partial charge is 0.188 e. The van der Waals surface area contributed by atoms with Crippen LogP contribution in [-0.2, 0) is 4.74 Å². The van der Waals surface area contributed by atoms with Crippen LogP contribution in [-0.4, -0.2) is 31.8 Å². The van der Waals surface area contributed by atoms with Gasteiger partial charge in [-0.25, -0.2) is 0 Å². The van der Waals surface area contributed by atoms with E-state index in [1.165, 1.54) is 32.1 Å². The fourth-order valence-electron chi connectivity index (χ4n) is 1.90. The fourth-order valence-corrected chi connectivity index (χ4v) is 1.90. The molecule has 0 atom stereocenters. The van der Waals surface area contributed by atoms with E-state index in [-0.39, 0.29) is 0 Å². The molecular formula is C12H25N3O. The number of nitrogens with zero attached hydrogens (tertiary/aromatic N) is 1. The lowest BCUT2D eigenvalue weighted by molar-refractivity contribution is 0.139. The van der Waals surface area contributed by atoms with Crippen molar-refractivity contribution in [3.8, 4) is 0 Å². The number of nitrogens with two attached hydrogens (primary N) is 1. The van der Waals surface area contributed by atoms with Gasteiger partial charge in [0.2, 0.25) is 0 Å². The van der Waals surface area contributed by atoms with Gasteiger partial charge in [-0.3, -0.25) is 4.99 Å². The van der Waals surface area contributed by atoms with Crippen molar-refractivity contribution in [2.24, 2.45) is 10.7 Å². The molecule has 1 aliphatic carbocycles. The molecule has 0 bridgehead atoms. The maximum atomic E-state index is 5.78. The molecule has 1 aliphatic rings. The molecular weight excluding hydrogens is 202 g/mol. The van der Waals surface area contributed by atoms with Crippen molar-refractivity contribution in [2.75, 3.05) is 19.8 Å². The lowest BCUT2D eigenvalue weighted by atomic mass is 10.2. The molecule has 1 saturated carbocycles. The molecule has 0 radical (unpaired) electrons. The first-order valence-corrected chi connectivity index (χ1v) is 6.47. The zero-order valence-electron chi connectivity index (χ0n) is 10.4. The van der Waals surface area contributed by atoms with Crippen molar-refractivity contribution in [2.45, 2.75) is 51.5 Å². The van der Waals surface area contributed by atoms with Crippen molar-refractivity contribution in [1.82, 2.24) is 5.32 Å². The highest BCUT2D eigenvalue weighted by Gasteiger charge is 2.14. The molecule has 0 aromatic heterocycles. The topological polar surface area (TPSA) is 59.6 Å². The Kier molecular flexibility index (Phi) is 6.97. The molecule has 0 heterocycles. The van der Waals surface area contributed by atoms with Crippen molar-refractivity contribution < 1.29 is 4.74 Å². The van der Waals surface area contributed by atoms with Gasteiger partial charge in [-0.15, -0.1) is 0 Å². The molecule has 1 fully saturated rings. The molecule has 16 heavy (non-hydrogen) atoms. The first-order valence-electron chi connectivity index (χ1n) is 6.47. The highest BCUT2D eigenvalue weighted by molar-refractivity contribution is 5.78. The van der Waals surface area contributed by atoms with E-state index < -0.39 is 0 Å². The number of unbranched alkanes of at least 4 members (excludes halogenated alkanes) is 1. The zero-order valence-corrected chi connectivity index (χ0v) is 10.4. The Morgan fingerprint density at radius 3 is 2.81 bits per heavy atom. The summed E-state index contributed by atoms with van der Waals surface area (Å²) < 4.78 is 5.40. The van der Waals surface area contributed by atoms with Gasteiger partial charge in [-0.2, -0.15) is 0 Å². The van der Waals surface area contributed by atoms with E-state index in [1.54, 1.807) is 0 Å². The molecule has 94 valence electrons. The molecule has 0 unspecified atom stereocenters. The lowest BCUT2D eigenvalue weighted by Gasteiger charge is -2.12. The summed E-state index contributed by atoms with van der Waals surface area (Å²) in [4.78, 5) is 4.24. The molecule has 4 nitrogen and oxygen atoms in total. The van der Waals surface area contributed by atoms with Gasteiger partial charge >= 0.3 is 0 Å². The molecule has 1 rings (SSSR count). The minimum Gasteiger partial charge on any atom is -0.380 e. The van der Waals surface area contributed by atoms with Crippen LogP contribution in [0.2, 0.25) is 0 Å². The molecule has 3 N–H and O–H groups in total. The van der Waals surface area contributed by atoms with Crippen molar-refractivity contribution in [1.29, 1.82) is 0 Å². The number of nitrogens with one attached hydrogen (secondary N) is 1. The second-order valence-corrected chi connectivity index (χ2v) is 4.36. The standard InChI is InChI=1S/C12H25N3O/c1-2-3-9-16-10-8-14-12(13)15-11-6-4-5-7-11/h11H,2-10H2,1H3,(H3,13,14,15). The third kappa shape index (κ3) is 5.95. The molecule has 0 amide bonds. The molecule has 0 aromatic rings. The van der Waals surface area contributed by atoms with Gasteiger partial charge in [0.1, 0.15) is 0 Å². The Bertz CT molecular complexity index is 200. The first kappa shape index (κ1) is 13.3. The molecule has 0 aromatic carbocycles. The normalized spacial score (nSPS) is 17.9. The van der Waals surface area contributed by atoms with E-state index in [0.717, 1.165) is 13.0 Å². The van der Waals surface area contributed by atoms with Gasteiger partial charge in [-0.05, 0) is 19.3 Å². The van der Waals surface area contributed by atoms with Crippen LogP contribution in [0.4, 0.5) is 0 Å². The Labute approximate surface area is 98.6 Å². The average molecular weight is 227 g/mol. The Hall–Kier alpha value is -0.770. The Morgan fingerprint density at radius 2 is 2.12 bits per heavy atom. The highest BCUT2D eigenvalue weighted by Crippen LogP contribution is 2.17. The van der Waals surface area contributed by atoms with E-state index in [9.17, 15) is 0 Å². The predicted molar refractivity (Wildman–Crippen MR) is 67.6 cm³/mol. The van der Waals surface area contributed by atoms with Gasteiger partial charge in [0.05, 0.1) is 13.2 Å². The SMILES string of the molecule is CCCCOCCN=C(N)NC1CCCC1. The summed E-state index contributed by atoms with van der Waals surface area (Å²) in [5.41, 5.74) is 5.78. The van der Waals surface area contributed by atoms with Crippen LogP contribution in [0.25, 0.3) is 0 Å². The van der Waals surface area contributed by atoms with Gasteiger partial charge in [0, 0.05) is 12.6 Å². The maximum absolute atomic E-state index is 5.78. The van der Waals surface area contributed by atoms with Crippen LogP contribution in [0.3, 0.4) is 0 Å². The maximum Gasteiger partial charge on any atom is 0.188 e. The molecule has 0 spiro atoms. The summed E-state index contributed by atoms with van der Waals surface area (Å²) in [7, 11) is 0. The lowest BCUT2D eigenvalue weighted by Crippen LogP contribution is -2.38. The van der Waals surface area contributed by atoms with Crippen LogP contribution in [0.1, 0.15) is 45.4 Å². The fraction of sp³-hybridized carbons (Fsp3) is 0.917. The van der Waals surface area contributed by atoms with Gasteiger partial charge in [-0.1, -0.05) is 26.2 Å². The number of ether oxygens (including phenoxy) is 1. The monoisotopic (exact) mass is 227 g/mol. The van der Waals surface area contributed by atoms with Crippen molar-refractivity contribution in [3.63, 3.8) is 0 Å². The largest absolute Gasteiger partial charge is 0.380 e. The number of rotatable bonds is 7. The second kappa shape index (κ2) is 8.39. The Morgan fingerprint density at radius 1 is 1.38 bits per heavy atom. The van der Waals surface area contributed by atoms with E-state index in [2.05, 4.69) is 17.2 Å². The van der Waals surface area contributed by atoms with E-state index >= 15 is 0 Å². The summed E-state index contributed by atoms with van der Waals surface area (Å²) in [5.74, 6) is 0.575. The summed E-state index contributed by atoms with van der Waals surface area (Å²) in [5, 5.41) is 3.25.